The zero-order valence-corrected chi connectivity index (χ0v) is 11.6. The van der Waals surface area contributed by atoms with Crippen LogP contribution in [-0.4, -0.2) is 27.5 Å². The van der Waals surface area contributed by atoms with Crippen LogP contribution in [0.5, 0.6) is 0 Å². The molecule has 0 aliphatic rings. The van der Waals surface area contributed by atoms with Gasteiger partial charge in [0, 0.05) is 10.9 Å². The van der Waals surface area contributed by atoms with Gasteiger partial charge >= 0.3 is 6.18 Å². The predicted molar refractivity (Wildman–Crippen MR) is 67.0 cm³/mol. The highest BCUT2D eigenvalue weighted by Gasteiger charge is 2.39. The van der Waals surface area contributed by atoms with Gasteiger partial charge in [0.1, 0.15) is 0 Å². The highest BCUT2D eigenvalue weighted by atomic mass is 79.9. The van der Waals surface area contributed by atoms with Gasteiger partial charge in [0.05, 0.1) is 6.42 Å². The van der Waals surface area contributed by atoms with Crippen LogP contribution < -0.4 is 0 Å². The highest BCUT2D eigenvalue weighted by molar-refractivity contribution is 9.10. The first-order chi connectivity index (χ1) is 9.36. The molecule has 108 valence electrons. The maximum atomic E-state index is 12.2. The topological polar surface area (TPSA) is 59.2 Å². The molecule has 1 heterocycles. The van der Waals surface area contributed by atoms with E-state index in [-0.39, 0.29) is 11.7 Å². The number of aromatic nitrogens is 2. The van der Waals surface area contributed by atoms with Crippen LogP contribution in [0.25, 0.3) is 0 Å². The van der Waals surface area contributed by atoms with Crippen molar-refractivity contribution in [1.29, 1.82) is 0 Å². The Labute approximate surface area is 120 Å². The van der Waals surface area contributed by atoms with Gasteiger partial charge in [0.2, 0.25) is 5.89 Å². The lowest BCUT2D eigenvalue weighted by Gasteiger charge is -2.11. The molecule has 0 spiro atoms. The van der Waals surface area contributed by atoms with Crippen LogP contribution in [0.4, 0.5) is 13.2 Å². The molecule has 0 amide bonds. The molecule has 20 heavy (non-hydrogen) atoms. The van der Waals surface area contributed by atoms with Crippen LogP contribution in [0.1, 0.15) is 17.3 Å². The van der Waals surface area contributed by atoms with E-state index in [9.17, 15) is 13.2 Å². The van der Waals surface area contributed by atoms with Gasteiger partial charge in [-0.2, -0.15) is 18.2 Å². The van der Waals surface area contributed by atoms with Gasteiger partial charge in [-0.15, -0.1) is 0 Å². The summed E-state index contributed by atoms with van der Waals surface area (Å²) in [6.07, 6.45) is -7.62. The van der Waals surface area contributed by atoms with E-state index in [0.717, 1.165) is 10.0 Å². The third-order valence-electron chi connectivity index (χ3n) is 2.56. The second kappa shape index (κ2) is 5.92. The van der Waals surface area contributed by atoms with Crippen LogP contribution in [0.15, 0.2) is 33.3 Å². The smallest absolute Gasteiger partial charge is 0.383 e. The molecule has 0 radical (unpaired) electrons. The van der Waals surface area contributed by atoms with Crippen LogP contribution in [-0.2, 0) is 12.8 Å². The zero-order chi connectivity index (χ0) is 14.8. The zero-order valence-electron chi connectivity index (χ0n) is 10.1. The third kappa shape index (κ3) is 3.80. The fourth-order valence-corrected chi connectivity index (χ4v) is 1.96. The first-order valence-electron chi connectivity index (χ1n) is 5.66. The Morgan fingerprint density at radius 3 is 2.65 bits per heavy atom. The summed E-state index contributed by atoms with van der Waals surface area (Å²) in [5.74, 6) is 0.0261. The van der Waals surface area contributed by atoms with Gasteiger partial charge in [0.15, 0.2) is 11.9 Å². The Balaban J connectivity index is 2.05. The van der Waals surface area contributed by atoms with Crippen molar-refractivity contribution in [2.45, 2.75) is 25.1 Å². The number of alkyl halides is 3. The summed E-state index contributed by atoms with van der Waals surface area (Å²) < 4.78 is 42.1. The summed E-state index contributed by atoms with van der Waals surface area (Å²) in [5, 5.41) is 12.5. The van der Waals surface area contributed by atoms with E-state index in [1.54, 1.807) is 0 Å². The van der Waals surface area contributed by atoms with E-state index in [4.69, 9.17) is 9.63 Å². The second-order valence-corrected chi connectivity index (χ2v) is 4.99. The summed E-state index contributed by atoms with van der Waals surface area (Å²) in [7, 11) is 0. The Bertz CT molecular complexity index is 586. The summed E-state index contributed by atoms with van der Waals surface area (Å²) in [6.45, 7) is 0. The number of rotatable bonds is 4. The number of benzene rings is 1. The summed E-state index contributed by atoms with van der Waals surface area (Å²) in [6, 6.07) is 7.35. The average molecular weight is 351 g/mol. The van der Waals surface area contributed by atoms with Gasteiger partial charge in [-0.25, -0.2) is 0 Å². The molecule has 1 aromatic heterocycles. The van der Waals surface area contributed by atoms with E-state index in [1.165, 1.54) is 0 Å². The summed E-state index contributed by atoms with van der Waals surface area (Å²) in [5.41, 5.74) is 0.885. The number of halogens is 4. The highest BCUT2D eigenvalue weighted by Crippen LogP contribution is 2.23. The molecule has 1 aromatic carbocycles. The minimum atomic E-state index is -4.70. The Morgan fingerprint density at radius 2 is 2.00 bits per heavy atom. The molecule has 0 aliphatic heterocycles. The minimum absolute atomic E-state index is 0.239. The molecule has 0 saturated heterocycles. The fraction of sp³-hybridized carbons (Fsp3) is 0.333. The Hall–Kier alpha value is -1.41. The van der Waals surface area contributed by atoms with Gasteiger partial charge < -0.3 is 9.63 Å². The Kier molecular flexibility index (Phi) is 4.44. The van der Waals surface area contributed by atoms with Crippen molar-refractivity contribution in [1.82, 2.24) is 10.1 Å². The largest absolute Gasteiger partial charge is 0.414 e. The SMILES string of the molecule is OC(Cc1nc(Cc2ccccc2Br)no1)C(F)(F)F. The number of hydrogen-bond acceptors (Lipinski definition) is 4. The second-order valence-electron chi connectivity index (χ2n) is 4.13. The van der Waals surface area contributed by atoms with Gasteiger partial charge in [-0.3, -0.25) is 0 Å². The first kappa shape index (κ1) is 15.0. The molecule has 1 unspecified atom stereocenters. The molecule has 8 heteroatoms. The van der Waals surface area contributed by atoms with Crippen LogP contribution in [0.2, 0.25) is 0 Å². The normalized spacial score (nSPS) is 13.4. The maximum absolute atomic E-state index is 12.2. The van der Waals surface area contributed by atoms with Crippen LogP contribution in [0.3, 0.4) is 0 Å². The Morgan fingerprint density at radius 1 is 1.30 bits per heavy atom. The molecule has 2 aromatic rings. The van der Waals surface area contributed by atoms with E-state index in [2.05, 4.69) is 26.1 Å². The monoisotopic (exact) mass is 350 g/mol. The van der Waals surface area contributed by atoms with Crippen LogP contribution >= 0.6 is 15.9 Å². The molecule has 1 atom stereocenters. The number of hydrogen-bond donors (Lipinski definition) is 1. The summed E-state index contributed by atoms with van der Waals surface area (Å²) in [4.78, 5) is 3.84. The number of aliphatic hydroxyl groups is 1. The fourth-order valence-electron chi connectivity index (χ4n) is 1.54. The number of aliphatic hydroxyl groups excluding tert-OH is 1. The first-order valence-corrected chi connectivity index (χ1v) is 6.45. The molecule has 0 fully saturated rings. The van der Waals surface area contributed by atoms with Crippen molar-refractivity contribution in [2.75, 3.05) is 0 Å². The lowest BCUT2D eigenvalue weighted by Crippen LogP contribution is -2.30. The quantitative estimate of drug-likeness (QED) is 0.920. The molecule has 4 nitrogen and oxygen atoms in total. The molecule has 2 rings (SSSR count). The van der Waals surface area contributed by atoms with Crippen LogP contribution in [0, 0.1) is 0 Å². The van der Waals surface area contributed by atoms with Crippen molar-refractivity contribution in [3.63, 3.8) is 0 Å². The van der Waals surface area contributed by atoms with Crippen molar-refractivity contribution >= 4 is 15.9 Å². The van der Waals surface area contributed by atoms with Gasteiger partial charge in [-0.05, 0) is 11.6 Å². The third-order valence-corrected chi connectivity index (χ3v) is 3.34. The van der Waals surface area contributed by atoms with Crippen molar-refractivity contribution in [3.8, 4) is 0 Å². The van der Waals surface area contributed by atoms with Gasteiger partial charge in [0.25, 0.3) is 0 Å². The predicted octanol–water partition coefficient (Wildman–Crippen LogP) is 2.89. The van der Waals surface area contributed by atoms with E-state index >= 15 is 0 Å². The van der Waals surface area contributed by atoms with Gasteiger partial charge in [-0.1, -0.05) is 39.3 Å². The summed E-state index contributed by atoms with van der Waals surface area (Å²) >= 11 is 3.35. The lowest BCUT2D eigenvalue weighted by atomic mass is 10.1. The van der Waals surface area contributed by atoms with Crippen molar-refractivity contribution in [3.05, 3.63) is 46.0 Å². The molecule has 0 bridgehead atoms. The van der Waals surface area contributed by atoms with E-state index in [1.807, 2.05) is 24.3 Å². The van der Waals surface area contributed by atoms with Crippen molar-refractivity contribution in [2.24, 2.45) is 0 Å². The van der Waals surface area contributed by atoms with Crippen molar-refractivity contribution < 1.29 is 22.8 Å². The molecule has 0 aliphatic carbocycles. The molecule has 0 saturated carbocycles. The maximum Gasteiger partial charge on any atom is 0.414 e. The minimum Gasteiger partial charge on any atom is -0.383 e. The molecule has 1 N–H and O–H groups in total. The molecular formula is C12H10BrF3N2O2. The van der Waals surface area contributed by atoms with E-state index in [0.29, 0.717) is 6.42 Å². The standard InChI is InChI=1S/C12H10BrF3N2O2/c13-8-4-2-1-3-7(8)5-10-17-11(20-18-10)6-9(19)12(14,15)16/h1-4,9,19H,5-6H2. The average Bonchev–Trinajstić information content (AvgIpc) is 2.78. The lowest BCUT2D eigenvalue weighted by molar-refractivity contribution is -0.204. The number of nitrogens with zero attached hydrogens (tertiary/aromatic N) is 2. The van der Waals surface area contributed by atoms with E-state index < -0.39 is 18.7 Å². The molecular weight excluding hydrogens is 341 g/mol.